The van der Waals surface area contributed by atoms with Crippen molar-refractivity contribution in [1.82, 2.24) is 0 Å². The van der Waals surface area contributed by atoms with E-state index in [-0.39, 0.29) is 11.6 Å². The van der Waals surface area contributed by atoms with Crippen LogP contribution >= 0.6 is 0 Å². The first-order chi connectivity index (χ1) is 8.15. The van der Waals surface area contributed by atoms with Crippen LogP contribution < -0.4 is 0 Å². The summed E-state index contributed by atoms with van der Waals surface area (Å²) >= 11 is 0. The van der Waals surface area contributed by atoms with Crippen LogP contribution in [0.4, 0.5) is 0 Å². The highest BCUT2D eigenvalue weighted by Crippen LogP contribution is 2.36. The first kappa shape index (κ1) is 12.2. The molecule has 0 atom stereocenters. The van der Waals surface area contributed by atoms with Crippen molar-refractivity contribution in [1.29, 1.82) is 0 Å². The van der Waals surface area contributed by atoms with Gasteiger partial charge in [-0.15, -0.1) is 0 Å². The summed E-state index contributed by atoms with van der Waals surface area (Å²) in [6.07, 6.45) is 5.30. The molecule has 2 nitrogen and oxygen atoms in total. The molecule has 0 N–H and O–H groups in total. The molecule has 17 heavy (non-hydrogen) atoms. The van der Waals surface area contributed by atoms with Gasteiger partial charge in [-0.1, -0.05) is 24.6 Å². The Balaban J connectivity index is 2.11. The number of benzene rings is 1. The van der Waals surface area contributed by atoms with Gasteiger partial charge in [-0.3, -0.25) is 0 Å². The Morgan fingerprint density at radius 1 is 1.35 bits per heavy atom. The fraction of sp³-hybridized carbons (Fsp3) is 0.533. The van der Waals surface area contributed by atoms with E-state index in [1.165, 1.54) is 12.8 Å². The van der Waals surface area contributed by atoms with E-state index in [0.29, 0.717) is 5.56 Å². The van der Waals surface area contributed by atoms with Crippen LogP contribution in [0.15, 0.2) is 24.3 Å². The first-order valence-corrected chi connectivity index (χ1v) is 6.45. The summed E-state index contributed by atoms with van der Waals surface area (Å²) in [6.45, 7) is 4.09. The fourth-order valence-electron chi connectivity index (χ4n) is 2.57. The van der Waals surface area contributed by atoms with Crippen LogP contribution in [0.2, 0.25) is 0 Å². The Kier molecular flexibility index (Phi) is 3.51. The van der Waals surface area contributed by atoms with Gasteiger partial charge in [0.2, 0.25) is 0 Å². The number of hydrogen-bond acceptors (Lipinski definition) is 2. The summed E-state index contributed by atoms with van der Waals surface area (Å²) in [7, 11) is 0. The molecule has 2 heteroatoms. The van der Waals surface area contributed by atoms with E-state index < -0.39 is 0 Å². The van der Waals surface area contributed by atoms with E-state index >= 15 is 0 Å². The molecular formula is C15H20O2. The molecule has 1 aliphatic rings. The van der Waals surface area contributed by atoms with Gasteiger partial charge in [0.05, 0.1) is 5.56 Å². The third kappa shape index (κ3) is 2.68. The van der Waals surface area contributed by atoms with Crippen LogP contribution in [0, 0.1) is 6.92 Å². The minimum Gasteiger partial charge on any atom is -0.455 e. The van der Waals surface area contributed by atoms with Gasteiger partial charge in [0.1, 0.15) is 5.60 Å². The predicted octanol–water partition coefficient (Wildman–Crippen LogP) is 3.87. The van der Waals surface area contributed by atoms with Gasteiger partial charge in [0.15, 0.2) is 0 Å². The van der Waals surface area contributed by atoms with Crippen molar-refractivity contribution in [2.45, 2.75) is 51.6 Å². The second-order valence-electron chi connectivity index (χ2n) is 5.00. The van der Waals surface area contributed by atoms with Crippen molar-refractivity contribution < 1.29 is 9.53 Å². The Morgan fingerprint density at radius 3 is 2.65 bits per heavy atom. The number of rotatable bonds is 3. The summed E-state index contributed by atoms with van der Waals surface area (Å²) in [6, 6.07) is 7.61. The molecule has 1 saturated carbocycles. The Hall–Kier alpha value is -1.31. The normalized spacial score (nSPS) is 18.0. The standard InChI is InChI=1S/C15H20O2/c1-3-15(9-4-5-10-15)17-14(16)13-8-6-7-12(2)11-13/h6-8,11H,3-5,9-10H2,1-2H3. The minimum absolute atomic E-state index is 0.169. The second kappa shape index (κ2) is 4.91. The van der Waals surface area contributed by atoms with E-state index in [9.17, 15) is 4.79 Å². The van der Waals surface area contributed by atoms with Crippen LogP contribution in [-0.2, 0) is 4.74 Å². The van der Waals surface area contributed by atoms with Crippen molar-refractivity contribution in [2.24, 2.45) is 0 Å². The highest BCUT2D eigenvalue weighted by Gasteiger charge is 2.36. The molecule has 0 amide bonds. The van der Waals surface area contributed by atoms with Crippen molar-refractivity contribution in [2.75, 3.05) is 0 Å². The molecule has 0 aliphatic heterocycles. The Bertz CT molecular complexity index is 403. The molecule has 92 valence electrons. The monoisotopic (exact) mass is 232 g/mol. The predicted molar refractivity (Wildman–Crippen MR) is 68.1 cm³/mol. The van der Waals surface area contributed by atoms with Gasteiger partial charge in [-0.05, 0) is 51.2 Å². The molecule has 1 aromatic carbocycles. The summed E-state index contributed by atoms with van der Waals surface area (Å²) in [5.74, 6) is -0.169. The van der Waals surface area contributed by atoms with Gasteiger partial charge in [-0.2, -0.15) is 0 Å². The maximum Gasteiger partial charge on any atom is 0.338 e. The molecule has 0 saturated heterocycles. The third-order valence-electron chi connectivity index (χ3n) is 3.72. The lowest BCUT2D eigenvalue weighted by atomic mass is 9.98. The lowest BCUT2D eigenvalue weighted by molar-refractivity contribution is -0.0172. The molecule has 1 aliphatic carbocycles. The van der Waals surface area contributed by atoms with E-state index in [0.717, 1.165) is 24.8 Å². The van der Waals surface area contributed by atoms with Gasteiger partial charge < -0.3 is 4.74 Å². The SMILES string of the molecule is CCC1(OC(=O)c2cccc(C)c2)CCCC1. The van der Waals surface area contributed by atoms with Gasteiger partial charge in [-0.25, -0.2) is 4.79 Å². The van der Waals surface area contributed by atoms with Crippen LogP contribution in [0.25, 0.3) is 0 Å². The zero-order valence-corrected chi connectivity index (χ0v) is 10.7. The van der Waals surface area contributed by atoms with Gasteiger partial charge >= 0.3 is 5.97 Å². The van der Waals surface area contributed by atoms with Crippen molar-refractivity contribution in [3.05, 3.63) is 35.4 Å². The summed E-state index contributed by atoms with van der Waals surface area (Å²) in [5, 5.41) is 0. The number of aryl methyl sites for hydroxylation is 1. The maximum absolute atomic E-state index is 12.1. The molecule has 0 aromatic heterocycles. The van der Waals surface area contributed by atoms with Gasteiger partial charge in [0, 0.05) is 0 Å². The zero-order valence-electron chi connectivity index (χ0n) is 10.7. The van der Waals surface area contributed by atoms with Crippen LogP contribution in [0.5, 0.6) is 0 Å². The van der Waals surface area contributed by atoms with E-state index in [1.54, 1.807) is 0 Å². The molecule has 0 radical (unpaired) electrons. The lowest BCUT2D eigenvalue weighted by Crippen LogP contribution is -2.31. The zero-order chi connectivity index (χ0) is 12.3. The highest BCUT2D eigenvalue weighted by atomic mass is 16.6. The lowest BCUT2D eigenvalue weighted by Gasteiger charge is -2.27. The average Bonchev–Trinajstić information content (AvgIpc) is 2.78. The van der Waals surface area contributed by atoms with Crippen molar-refractivity contribution in [3.8, 4) is 0 Å². The van der Waals surface area contributed by atoms with Crippen LogP contribution in [0.3, 0.4) is 0 Å². The minimum atomic E-state index is -0.194. The number of carbonyl (C=O) groups is 1. The second-order valence-corrected chi connectivity index (χ2v) is 5.00. The number of ether oxygens (including phenoxy) is 1. The molecular weight excluding hydrogens is 212 g/mol. The van der Waals surface area contributed by atoms with E-state index in [1.807, 2.05) is 31.2 Å². The Labute approximate surface area is 103 Å². The third-order valence-corrected chi connectivity index (χ3v) is 3.72. The van der Waals surface area contributed by atoms with E-state index in [4.69, 9.17) is 4.74 Å². The molecule has 1 aromatic rings. The van der Waals surface area contributed by atoms with Crippen molar-refractivity contribution in [3.63, 3.8) is 0 Å². The molecule has 1 fully saturated rings. The van der Waals surface area contributed by atoms with Gasteiger partial charge in [0.25, 0.3) is 0 Å². The fourth-order valence-corrected chi connectivity index (χ4v) is 2.57. The molecule has 0 unspecified atom stereocenters. The molecule has 0 spiro atoms. The van der Waals surface area contributed by atoms with E-state index in [2.05, 4.69) is 6.92 Å². The largest absolute Gasteiger partial charge is 0.455 e. The average molecular weight is 232 g/mol. The number of esters is 1. The Morgan fingerprint density at radius 2 is 2.06 bits per heavy atom. The quantitative estimate of drug-likeness (QED) is 0.739. The number of hydrogen-bond donors (Lipinski definition) is 0. The topological polar surface area (TPSA) is 26.3 Å². The summed E-state index contributed by atoms with van der Waals surface area (Å²) in [4.78, 5) is 12.1. The molecule has 0 heterocycles. The summed E-state index contributed by atoms with van der Waals surface area (Å²) < 4.78 is 5.75. The van der Waals surface area contributed by atoms with Crippen LogP contribution in [0.1, 0.15) is 54.9 Å². The van der Waals surface area contributed by atoms with Crippen molar-refractivity contribution >= 4 is 5.97 Å². The highest BCUT2D eigenvalue weighted by molar-refractivity contribution is 5.89. The number of carbonyl (C=O) groups excluding carboxylic acids is 1. The van der Waals surface area contributed by atoms with Crippen LogP contribution in [-0.4, -0.2) is 11.6 Å². The molecule has 2 rings (SSSR count). The maximum atomic E-state index is 12.1. The summed E-state index contributed by atoms with van der Waals surface area (Å²) in [5.41, 5.74) is 1.57. The molecule has 0 bridgehead atoms. The smallest absolute Gasteiger partial charge is 0.338 e. The first-order valence-electron chi connectivity index (χ1n) is 6.45.